The molecule has 218 valence electrons. The number of carbonyl (C=O) groups excluding carboxylic acids is 5. The first-order valence-electron chi connectivity index (χ1n) is 13.7. The van der Waals surface area contributed by atoms with E-state index in [1.165, 1.54) is 14.0 Å². The Hall–Kier alpha value is -3.53. The van der Waals surface area contributed by atoms with E-state index in [-0.39, 0.29) is 37.7 Å². The van der Waals surface area contributed by atoms with Crippen LogP contribution < -0.4 is 9.64 Å². The maximum Gasteiger partial charge on any atom is 0.253 e. The normalized spacial score (nSPS) is 32.0. The van der Waals surface area contributed by atoms with E-state index in [1.807, 2.05) is 6.08 Å². The summed E-state index contributed by atoms with van der Waals surface area (Å²) in [7, 11) is 1.33. The van der Waals surface area contributed by atoms with Gasteiger partial charge < -0.3 is 9.84 Å². The molecule has 6 atom stereocenters. The second-order valence-electron chi connectivity index (χ2n) is 11.2. The van der Waals surface area contributed by atoms with Gasteiger partial charge in [0.05, 0.1) is 24.1 Å². The summed E-state index contributed by atoms with van der Waals surface area (Å²) in [6.45, 7) is 1.16. The molecule has 6 unspecified atom stereocenters. The lowest BCUT2D eigenvalue weighted by atomic mass is 9.56. The fraction of sp³-hybridized carbons (Fsp3) is 0.387. The second-order valence-corrected chi connectivity index (χ2v) is 12.5. The highest BCUT2D eigenvalue weighted by Gasteiger charge is 2.76. The molecule has 2 aliphatic carbocycles. The zero-order chi connectivity index (χ0) is 30.1. The van der Waals surface area contributed by atoms with Gasteiger partial charge in [0.2, 0.25) is 11.8 Å². The number of para-hydroxylation sites is 1. The number of allylic oxidation sites excluding steroid dienone is 2. The predicted octanol–water partition coefficient (Wildman–Crippen LogP) is 3.45. The van der Waals surface area contributed by atoms with Crippen LogP contribution in [0.2, 0.25) is 0 Å². The Kier molecular flexibility index (Phi) is 6.83. The summed E-state index contributed by atoms with van der Waals surface area (Å²) in [5.41, 5.74) is 1.94. The molecule has 0 radical (unpaired) electrons. The number of Topliss-reactive ketones (excluding diaryl/α,β-unsaturated/α-hetero) is 1. The van der Waals surface area contributed by atoms with Crippen LogP contribution in [0.4, 0.5) is 5.69 Å². The minimum absolute atomic E-state index is 0.0185. The molecule has 0 bridgehead atoms. The first-order chi connectivity index (χ1) is 20.0. The number of nitrogens with zero attached hydrogens (tertiary/aromatic N) is 2. The Morgan fingerprint density at radius 2 is 1.69 bits per heavy atom. The van der Waals surface area contributed by atoms with E-state index in [2.05, 4.69) is 0 Å². The maximum absolute atomic E-state index is 14.1. The second kappa shape index (κ2) is 10.0. The number of fused-ring (bicyclic) bond motifs is 4. The van der Waals surface area contributed by atoms with Crippen LogP contribution in [-0.2, 0) is 19.2 Å². The van der Waals surface area contributed by atoms with Gasteiger partial charge in [0.15, 0.2) is 15.5 Å². The number of imide groups is 2. The quantitative estimate of drug-likeness (QED) is 0.230. The Bertz CT molecular complexity index is 1570. The largest absolute Gasteiger partial charge is 0.491 e. The Morgan fingerprint density at radius 3 is 2.36 bits per heavy atom. The van der Waals surface area contributed by atoms with Crippen LogP contribution >= 0.6 is 23.2 Å². The average molecular weight is 611 g/mol. The molecule has 4 aliphatic rings. The number of likely N-dealkylation sites (tertiary alicyclic amines) is 1. The van der Waals surface area contributed by atoms with Crippen molar-refractivity contribution >= 4 is 58.3 Å². The van der Waals surface area contributed by atoms with Gasteiger partial charge in [-0.1, -0.05) is 29.8 Å². The molecule has 42 heavy (non-hydrogen) atoms. The number of ketones is 1. The van der Waals surface area contributed by atoms with Crippen molar-refractivity contribution in [1.82, 2.24) is 4.90 Å². The van der Waals surface area contributed by atoms with Crippen LogP contribution in [0.25, 0.3) is 0 Å². The Morgan fingerprint density at radius 1 is 1.00 bits per heavy atom. The summed E-state index contributed by atoms with van der Waals surface area (Å²) in [5.74, 6) is -5.11. The van der Waals surface area contributed by atoms with E-state index in [9.17, 15) is 29.1 Å². The van der Waals surface area contributed by atoms with E-state index >= 15 is 0 Å². The molecule has 2 aliphatic heterocycles. The molecular formula is C31H28Cl2N2O7. The molecule has 2 saturated heterocycles. The number of anilines is 1. The Balaban J connectivity index is 1.48. The smallest absolute Gasteiger partial charge is 0.253 e. The number of aliphatic hydroxyl groups excluding tert-OH is 1. The third-order valence-corrected chi connectivity index (χ3v) is 10.5. The van der Waals surface area contributed by atoms with Gasteiger partial charge in [-0.2, -0.15) is 0 Å². The van der Waals surface area contributed by atoms with Crippen molar-refractivity contribution in [3.63, 3.8) is 0 Å². The van der Waals surface area contributed by atoms with Gasteiger partial charge in [0, 0.05) is 24.1 Å². The highest BCUT2D eigenvalue weighted by atomic mass is 35.5. The number of amides is 4. The summed E-state index contributed by atoms with van der Waals surface area (Å²) in [4.78, 5) is 65.1. The predicted molar refractivity (Wildman–Crippen MR) is 153 cm³/mol. The van der Waals surface area contributed by atoms with Crippen molar-refractivity contribution in [3.05, 3.63) is 71.3 Å². The fourth-order valence-electron chi connectivity index (χ4n) is 7.20. The first kappa shape index (κ1) is 28.6. The van der Waals surface area contributed by atoms with Gasteiger partial charge in [-0.3, -0.25) is 33.8 Å². The molecule has 0 spiro atoms. The van der Waals surface area contributed by atoms with E-state index in [0.29, 0.717) is 28.1 Å². The molecule has 11 heteroatoms. The molecule has 2 aromatic rings. The molecule has 9 nitrogen and oxygen atoms in total. The summed E-state index contributed by atoms with van der Waals surface area (Å²) in [5, 5.41) is 9.41. The van der Waals surface area contributed by atoms with Crippen molar-refractivity contribution in [2.45, 2.75) is 35.4 Å². The standard InChI is InChI=1S/C31H28Cl2N2O7/c1-16(37)17-7-9-18(10-8-17)35-26(38)21-12-11-19-22(24(21)27(35)39)15-30(32)28(40)34(2)29(41)31(30,33)25(19)20-5-3-4-6-23(20)42-14-13-36/h3-11,21-22,24-25,36H,12-15H2,1-2H3. The fourth-order valence-corrected chi connectivity index (χ4v) is 8.21. The first-order valence-corrected chi connectivity index (χ1v) is 14.4. The molecule has 0 aromatic heterocycles. The number of hydrogen-bond acceptors (Lipinski definition) is 7. The van der Waals surface area contributed by atoms with Gasteiger partial charge >= 0.3 is 0 Å². The lowest BCUT2D eigenvalue weighted by Gasteiger charge is -2.51. The number of halogens is 2. The minimum atomic E-state index is -1.93. The van der Waals surface area contributed by atoms with E-state index in [4.69, 9.17) is 27.9 Å². The summed E-state index contributed by atoms with van der Waals surface area (Å²) in [6, 6.07) is 13.2. The van der Waals surface area contributed by atoms with Crippen LogP contribution in [0.3, 0.4) is 0 Å². The molecule has 1 N–H and O–H groups in total. The molecule has 6 rings (SSSR count). The zero-order valence-corrected chi connectivity index (χ0v) is 24.4. The van der Waals surface area contributed by atoms with Crippen LogP contribution in [0.15, 0.2) is 60.2 Å². The Labute approximate surface area is 252 Å². The topological polar surface area (TPSA) is 121 Å². The number of rotatable bonds is 6. The van der Waals surface area contributed by atoms with Crippen molar-refractivity contribution in [2.75, 3.05) is 25.2 Å². The number of carbonyl (C=O) groups is 5. The molecule has 1 saturated carbocycles. The monoisotopic (exact) mass is 610 g/mol. The van der Waals surface area contributed by atoms with Gasteiger partial charge in [-0.15, -0.1) is 23.2 Å². The van der Waals surface area contributed by atoms with Crippen LogP contribution in [0.5, 0.6) is 5.75 Å². The van der Waals surface area contributed by atoms with Crippen molar-refractivity contribution < 1.29 is 33.8 Å². The van der Waals surface area contributed by atoms with Crippen molar-refractivity contribution in [3.8, 4) is 5.75 Å². The van der Waals surface area contributed by atoms with Crippen LogP contribution in [-0.4, -0.2) is 69.4 Å². The van der Waals surface area contributed by atoms with Crippen LogP contribution in [0.1, 0.15) is 41.6 Å². The molecule has 2 aromatic carbocycles. The number of hydrogen-bond donors (Lipinski definition) is 1. The molecule has 4 amide bonds. The lowest BCUT2D eigenvalue weighted by molar-refractivity contribution is -0.138. The number of aliphatic hydroxyl groups is 1. The molecule has 2 heterocycles. The molecular weight excluding hydrogens is 583 g/mol. The number of ether oxygens (including phenoxy) is 1. The van der Waals surface area contributed by atoms with Gasteiger partial charge in [-0.25, -0.2) is 0 Å². The zero-order valence-electron chi connectivity index (χ0n) is 22.9. The highest BCUT2D eigenvalue weighted by molar-refractivity contribution is 6.53. The average Bonchev–Trinajstić information content (AvgIpc) is 3.31. The van der Waals surface area contributed by atoms with Crippen molar-refractivity contribution in [1.29, 1.82) is 0 Å². The van der Waals surface area contributed by atoms with E-state index < -0.39 is 51.1 Å². The number of benzene rings is 2. The summed E-state index contributed by atoms with van der Waals surface area (Å²) in [6.07, 6.45) is 1.95. The van der Waals surface area contributed by atoms with Crippen LogP contribution in [0, 0.1) is 17.8 Å². The molecule has 3 fully saturated rings. The van der Waals surface area contributed by atoms with E-state index in [0.717, 1.165) is 9.80 Å². The minimum Gasteiger partial charge on any atom is -0.491 e. The third-order valence-electron chi connectivity index (χ3n) is 9.13. The van der Waals surface area contributed by atoms with E-state index in [1.54, 1.807) is 48.5 Å². The third kappa shape index (κ3) is 3.76. The van der Waals surface area contributed by atoms with Crippen molar-refractivity contribution in [2.24, 2.45) is 17.8 Å². The van der Waals surface area contributed by atoms with Gasteiger partial charge in [-0.05, 0) is 56.0 Å². The van der Waals surface area contributed by atoms with Gasteiger partial charge in [0.1, 0.15) is 12.4 Å². The highest BCUT2D eigenvalue weighted by Crippen LogP contribution is 2.66. The maximum atomic E-state index is 14.1. The van der Waals surface area contributed by atoms with Gasteiger partial charge in [0.25, 0.3) is 11.8 Å². The summed E-state index contributed by atoms with van der Waals surface area (Å²) < 4.78 is 5.82. The number of alkyl halides is 2. The summed E-state index contributed by atoms with van der Waals surface area (Å²) >= 11 is 14.4. The SMILES string of the molecule is CC(=O)c1ccc(N2C(=O)C3CC=C4C(CC5(Cl)C(=O)N(C)C(=O)C5(Cl)C4c4ccccc4OCCO)C3C2=O)cc1. The lowest BCUT2D eigenvalue weighted by Crippen LogP contribution is -2.60.